The van der Waals surface area contributed by atoms with Crippen molar-refractivity contribution in [2.24, 2.45) is 0 Å². The van der Waals surface area contributed by atoms with Crippen molar-refractivity contribution in [1.82, 2.24) is 10.3 Å². The summed E-state index contributed by atoms with van der Waals surface area (Å²) in [4.78, 5) is 18.1. The number of carbonyl (C=O) groups excluding carboxylic acids is 1. The van der Waals surface area contributed by atoms with Crippen LogP contribution in [0.15, 0.2) is 89.8 Å². The van der Waals surface area contributed by atoms with Crippen LogP contribution in [0.5, 0.6) is 0 Å². The zero-order valence-corrected chi connectivity index (χ0v) is 18.7. The van der Waals surface area contributed by atoms with E-state index in [2.05, 4.69) is 10.0 Å². The lowest BCUT2D eigenvalue weighted by Crippen LogP contribution is -2.24. The Kier molecular flexibility index (Phi) is 5.56. The van der Waals surface area contributed by atoms with E-state index < -0.39 is 10.0 Å². The highest BCUT2D eigenvalue weighted by molar-refractivity contribution is 7.92. The zero-order valence-electron chi connectivity index (χ0n) is 17.9. The number of amides is 1. The van der Waals surface area contributed by atoms with Crippen LogP contribution in [-0.2, 0) is 16.6 Å². The Labute approximate surface area is 192 Å². The van der Waals surface area contributed by atoms with Crippen molar-refractivity contribution in [1.29, 1.82) is 0 Å². The summed E-state index contributed by atoms with van der Waals surface area (Å²) in [5.41, 5.74) is 3.45. The highest BCUT2D eigenvalue weighted by Crippen LogP contribution is 2.40. The highest BCUT2D eigenvalue weighted by atomic mass is 32.2. The van der Waals surface area contributed by atoms with E-state index in [1.807, 2.05) is 36.4 Å². The molecule has 1 amide bonds. The first kappa shape index (κ1) is 21.2. The molecular weight excluding hydrogens is 434 g/mol. The number of nitrogens with one attached hydrogen (secondary N) is 2. The van der Waals surface area contributed by atoms with E-state index >= 15 is 0 Å². The third kappa shape index (κ3) is 4.59. The van der Waals surface area contributed by atoms with Gasteiger partial charge in [-0.15, -0.1) is 0 Å². The number of fused-ring (bicyclic) bond motifs is 1. The molecule has 5 rings (SSSR count). The van der Waals surface area contributed by atoms with Gasteiger partial charge in [0, 0.05) is 23.5 Å². The number of sulfonamides is 1. The Hall–Kier alpha value is -3.71. The maximum atomic E-state index is 13.2. The predicted octanol–water partition coefficient (Wildman–Crippen LogP) is 4.84. The average molecular weight is 458 g/mol. The van der Waals surface area contributed by atoms with Crippen LogP contribution >= 0.6 is 0 Å². The zero-order chi connectivity index (χ0) is 22.8. The summed E-state index contributed by atoms with van der Waals surface area (Å²) in [6.45, 7) is 0.182. The van der Waals surface area contributed by atoms with Gasteiger partial charge in [-0.25, -0.2) is 8.42 Å². The first-order valence-electron chi connectivity index (χ1n) is 10.8. The van der Waals surface area contributed by atoms with Crippen LogP contribution in [0.3, 0.4) is 0 Å². The number of anilines is 1. The molecule has 0 atom stereocenters. The molecule has 0 aliphatic heterocycles. The van der Waals surface area contributed by atoms with Gasteiger partial charge in [0.05, 0.1) is 21.7 Å². The van der Waals surface area contributed by atoms with Crippen molar-refractivity contribution in [2.45, 2.75) is 30.2 Å². The average Bonchev–Trinajstić information content (AvgIpc) is 3.69. The van der Waals surface area contributed by atoms with Crippen molar-refractivity contribution in [2.75, 3.05) is 4.72 Å². The van der Waals surface area contributed by atoms with Gasteiger partial charge >= 0.3 is 0 Å². The molecule has 1 heterocycles. The van der Waals surface area contributed by atoms with E-state index in [0.717, 1.165) is 29.4 Å². The van der Waals surface area contributed by atoms with E-state index in [-0.39, 0.29) is 17.3 Å². The van der Waals surface area contributed by atoms with Crippen molar-refractivity contribution in [3.05, 3.63) is 102 Å². The molecule has 2 N–H and O–H groups in total. The fourth-order valence-electron chi connectivity index (χ4n) is 3.82. The maximum Gasteiger partial charge on any atom is 0.261 e. The van der Waals surface area contributed by atoms with Gasteiger partial charge in [0.15, 0.2) is 0 Å². The first-order chi connectivity index (χ1) is 16.0. The van der Waals surface area contributed by atoms with Crippen molar-refractivity contribution >= 4 is 32.5 Å². The van der Waals surface area contributed by atoms with E-state index in [0.29, 0.717) is 22.7 Å². The number of hydrogen-bond acceptors (Lipinski definition) is 4. The smallest absolute Gasteiger partial charge is 0.261 e. The minimum Gasteiger partial charge on any atom is -0.348 e. The van der Waals surface area contributed by atoms with E-state index in [1.165, 1.54) is 0 Å². The van der Waals surface area contributed by atoms with E-state index in [1.54, 1.807) is 48.5 Å². The fourth-order valence-corrected chi connectivity index (χ4v) is 4.94. The molecule has 0 radical (unpaired) electrons. The molecule has 7 heteroatoms. The van der Waals surface area contributed by atoms with Gasteiger partial charge in [0.1, 0.15) is 0 Å². The molecule has 166 valence electrons. The largest absolute Gasteiger partial charge is 0.348 e. The van der Waals surface area contributed by atoms with Crippen LogP contribution < -0.4 is 10.0 Å². The Bertz CT molecular complexity index is 1430. The molecule has 1 saturated carbocycles. The second-order valence-corrected chi connectivity index (χ2v) is 9.83. The van der Waals surface area contributed by atoms with Crippen molar-refractivity contribution in [3.63, 3.8) is 0 Å². The first-order valence-corrected chi connectivity index (χ1v) is 12.3. The molecule has 0 bridgehead atoms. The Balaban J connectivity index is 1.38. The molecule has 4 aromatic rings. The summed E-state index contributed by atoms with van der Waals surface area (Å²) in [6, 6.07) is 24.8. The molecule has 1 aliphatic carbocycles. The maximum absolute atomic E-state index is 13.2. The number of para-hydroxylation sites is 2. The van der Waals surface area contributed by atoms with Crippen molar-refractivity contribution in [3.8, 4) is 0 Å². The molecule has 1 aromatic heterocycles. The minimum absolute atomic E-state index is 0.180. The summed E-state index contributed by atoms with van der Waals surface area (Å²) in [5, 5.41) is 3.76. The van der Waals surface area contributed by atoms with E-state index in [9.17, 15) is 13.2 Å². The second-order valence-electron chi connectivity index (χ2n) is 8.14. The third-order valence-corrected chi connectivity index (χ3v) is 7.11. The fraction of sp³-hybridized carbons (Fsp3) is 0.154. The lowest BCUT2D eigenvalue weighted by atomic mass is 10.0. The molecule has 33 heavy (non-hydrogen) atoms. The molecule has 0 unspecified atom stereocenters. The number of carbonyl (C=O) groups is 1. The van der Waals surface area contributed by atoms with Gasteiger partial charge in [-0.3, -0.25) is 14.5 Å². The minimum atomic E-state index is -3.73. The predicted molar refractivity (Wildman–Crippen MR) is 129 cm³/mol. The van der Waals surface area contributed by atoms with Gasteiger partial charge in [0.2, 0.25) is 0 Å². The van der Waals surface area contributed by atoms with Crippen LogP contribution in [0.25, 0.3) is 10.9 Å². The highest BCUT2D eigenvalue weighted by Gasteiger charge is 2.27. The number of aromatic nitrogens is 1. The van der Waals surface area contributed by atoms with E-state index in [4.69, 9.17) is 4.98 Å². The molecule has 6 nitrogen and oxygen atoms in total. The number of hydrogen-bond donors (Lipinski definition) is 2. The Morgan fingerprint density at radius 3 is 2.39 bits per heavy atom. The quantitative estimate of drug-likeness (QED) is 0.416. The standard InChI is InChI=1S/C26H23N3O3S/c30-26(22-16-25(18-14-15-18)28-24-13-7-5-11-21(22)24)27-17-19-8-4-6-12-23(19)29-33(31,32)20-9-2-1-3-10-20/h1-13,16,18,29H,14-15,17H2,(H,27,30). The SMILES string of the molecule is O=C(NCc1ccccc1NS(=O)(=O)c1ccccc1)c1cc(C2CC2)nc2ccccc12. The molecule has 1 fully saturated rings. The van der Waals surface area contributed by atoms with Crippen molar-refractivity contribution < 1.29 is 13.2 Å². The van der Waals surface area contributed by atoms with Crippen LogP contribution in [0.4, 0.5) is 5.69 Å². The van der Waals surface area contributed by atoms with Crippen LogP contribution in [0.1, 0.15) is 40.4 Å². The van der Waals surface area contributed by atoms with Gasteiger partial charge in [0.25, 0.3) is 15.9 Å². The molecular formula is C26H23N3O3S. The normalized spacial score (nSPS) is 13.6. The van der Waals surface area contributed by atoms with Crippen LogP contribution in [0, 0.1) is 0 Å². The molecule has 0 saturated heterocycles. The molecule has 1 aliphatic rings. The van der Waals surface area contributed by atoms with Crippen LogP contribution in [-0.4, -0.2) is 19.3 Å². The summed E-state index contributed by atoms with van der Waals surface area (Å²) in [5.74, 6) is 0.213. The Morgan fingerprint density at radius 2 is 1.61 bits per heavy atom. The van der Waals surface area contributed by atoms with Crippen LogP contribution in [0.2, 0.25) is 0 Å². The summed E-state index contributed by atoms with van der Waals surface area (Å²) in [6.07, 6.45) is 2.20. The second kappa shape index (κ2) is 8.67. The lowest BCUT2D eigenvalue weighted by Gasteiger charge is -2.14. The lowest BCUT2D eigenvalue weighted by molar-refractivity contribution is 0.0952. The Morgan fingerprint density at radius 1 is 0.909 bits per heavy atom. The third-order valence-electron chi connectivity index (χ3n) is 5.73. The van der Waals surface area contributed by atoms with Gasteiger partial charge in [-0.1, -0.05) is 54.6 Å². The van der Waals surface area contributed by atoms with Gasteiger partial charge in [-0.05, 0) is 48.7 Å². The summed E-state index contributed by atoms with van der Waals surface area (Å²) in [7, 11) is -3.73. The van der Waals surface area contributed by atoms with Gasteiger partial charge in [-0.2, -0.15) is 0 Å². The number of rotatable bonds is 7. The van der Waals surface area contributed by atoms with Gasteiger partial charge < -0.3 is 5.32 Å². The molecule has 0 spiro atoms. The monoisotopic (exact) mass is 457 g/mol. The number of nitrogens with zero attached hydrogens (tertiary/aromatic N) is 1. The summed E-state index contributed by atoms with van der Waals surface area (Å²) < 4.78 is 28.2. The molecule has 3 aromatic carbocycles. The topological polar surface area (TPSA) is 88.2 Å². The number of benzene rings is 3. The summed E-state index contributed by atoms with van der Waals surface area (Å²) >= 11 is 0. The number of pyridine rings is 1.